The summed E-state index contributed by atoms with van der Waals surface area (Å²) in [6.07, 6.45) is 0. The second kappa shape index (κ2) is 6.32. The second-order valence-corrected chi connectivity index (χ2v) is 4.34. The van der Waals surface area contributed by atoms with Crippen LogP contribution in [0.2, 0.25) is 0 Å². The molecule has 1 rings (SSSR count). The Bertz CT molecular complexity index is 359. The van der Waals surface area contributed by atoms with E-state index in [2.05, 4.69) is 31.0 Å². The standard InChI is InChI=1S/C14H19NO/c1-14(2,12-16-3)15-11-7-10-13-8-5-4-6-9-13/h4-6,8-9,15H,11-12H2,1-3H3. The molecular formula is C14H19NO. The molecule has 1 N–H and O–H groups in total. The maximum absolute atomic E-state index is 5.11. The van der Waals surface area contributed by atoms with Gasteiger partial charge in [-0.25, -0.2) is 0 Å². The topological polar surface area (TPSA) is 21.3 Å². The van der Waals surface area contributed by atoms with E-state index >= 15 is 0 Å². The third-order valence-electron chi connectivity index (χ3n) is 2.17. The van der Waals surface area contributed by atoms with Crippen LogP contribution in [0.4, 0.5) is 0 Å². The van der Waals surface area contributed by atoms with Crippen molar-refractivity contribution in [3.8, 4) is 11.8 Å². The molecular weight excluding hydrogens is 198 g/mol. The minimum absolute atomic E-state index is 0.0277. The van der Waals surface area contributed by atoms with E-state index < -0.39 is 0 Å². The van der Waals surface area contributed by atoms with Gasteiger partial charge in [-0.05, 0) is 26.0 Å². The van der Waals surface area contributed by atoms with Gasteiger partial charge in [-0.15, -0.1) is 0 Å². The summed E-state index contributed by atoms with van der Waals surface area (Å²) in [5.41, 5.74) is 1.02. The van der Waals surface area contributed by atoms with Crippen LogP contribution in [0.25, 0.3) is 0 Å². The van der Waals surface area contributed by atoms with Crippen molar-refractivity contribution >= 4 is 0 Å². The molecule has 16 heavy (non-hydrogen) atoms. The molecule has 86 valence electrons. The molecule has 0 fully saturated rings. The van der Waals surface area contributed by atoms with Crippen molar-refractivity contribution in [2.24, 2.45) is 0 Å². The molecule has 0 amide bonds. The summed E-state index contributed by atoms with van der Waals surface area (Å²) in [5, 5.41) is 3.33. The first-order valence-corrected chi connectivity index (χ1v) is 5.42. The van der Waals surface area contributed by atoms with Crippen LogP contribution in [0.1, 0.15) is 19.4 Å². The Balaban J connectivity index is 2.39. The quantitative estimate of drug-likeness (QED) is 0.779. The Morgan fingerprint density at radius 2 is 1.94 bits per heavy atom. The fourth-order valence-electron chi connectivity index (χ4n) is 1.36. The van der Waals surface area contributed by atoms with Gasteiger partial charge >= 0.3 is 0 Å². The molecule has 0 saturated heterocycles. The van der Waals surface area contributed by atoms with E-state index in [1.807, 2.05) is 30.3 Å². The van der Waals surface area contributed by atoms with Gasteiger partial charge in [0.2, 0.25) is 0 Å². The van der Waals surface area contributed by atoms with Gasteiger partial charge in [-0.1, -0.05) is 30.0 Å². The van der Waals surface area contributed by atoms with Gasteiger partial charge < -0.3 is 4.74 Å². The molecule has 0 atom stereocenters. The van der Waals surface area contributed by atoms with Crippen LogP contribution >= 0.6 is 0 Å². The van der Waals surface area contributed by atoms with Gasteiger partial charge in [0, 0.05) is 18.2 Å². The molecule has 0 unspecified atom stereocenters. The average molecular weight is 217 g/mol. The zero-order valence-electron chi connectivity index (χ0n) is 10.2. The Labute approximate surface area is 98.0 Å². The molecule has 0 radical (unpaired) electrons. The van der Waals surface area contributed by atoms with Crippen LogP contribution in [0.15, 0.2) is 30.3 Å². The fourth-order valence-corrected chi connectivity index (χ4v) is 1.36. The molecule has 0 heterocycles. The highest BCUT2D eigenvalue weighted by atomic mass is 16.5. The molecule has 0 spiro atoms. The van der Waals surface area contributed by atoms with Crippen LogP contribution in [0, 0.1) is 11.8 Å². The first-order valence-electron chi connectivity index (χ1n) is 5.42. The van der Waals surface area contributed by atoms with Gasteiger partial charge in [0.15, 0.2) is 0 Å². The summed E-state index contributed by atoms with van der Waals surface area (Å²) in [4.78, 5) is 0. The van der Waals surface area contributed by atoms with E-state index in [4.69, 9.17) is 4.74 Å². The smallest absolute Gasteiger partial charge is 0.0639 e. The van der Waals surface area contributed by atoms with Crippen molar-refractivity contribution in [1.82, 2.24) is 5.32 Å². The monoisotopic (exact) mass is 217 g/mol. The Hall–Kier alpha value is -1.30. The van der Waals surface area contributed by atoms with E-state index in [-0.39, 0.29) is 5.54 Å². The zero-order valence-corrected chi connectivity index (χ0v) is 10.2. The Morgan fingerprint density at radius 3 is 2.56 bits per heavy atom. The van der Waals surface area contributed by atoms with E-state index in [0.717, 1.165) is 5.56 Å². The molecule has 0 saturated carbocycles. The normalized spacial score (nSPS) is 10.7. The van der Waals surface area contributed by atoms with E-state index in [9.17, 15) is 0 Å². The summed E-state index contributed by atoms with van der Waals surface area (Å²) in [6.45, 7) is 5.55. The summed E-state index contributed by atoms with van der Waals surface area (Å²) < 4.78 is 5.11. The predicted octanol–water partition coefficient (Wildman–Crippen LogP) is 2.05. The number of hydrogen-bond donors (Lipinski definition) is 1. The van der Waals surface area contributed by atoms with Crippen molar-refractivity contribution in [3.63, 3.8) is 0 Å². The Kier molecular flexibility index (Phi) is 5.04. The molecule has 2 heteroatoms. The van der Waals surface area contributed by atoms with Gasteiger partial charge in [-0.2, -0.15) is 0 Å². The highest BCUT2D eigenvalue weighted by Gasteiger charge is 2.14. The molecule has 0 aromatic heterocycles. The fraction of sp³-hybridized carbons (Fsp3) is 0.429. The zero-order chi connectivity index (χ0) is 11.9. The maximum atomic E-state index is 5.11. The lowest BCUT2D eigenvalue weighted by Crippen LogP contribution is -2.43. The first-order chi connectivity index (χ1) is 7.64. The molecule has 0 aliphatic carbocycles. The van der Waals surface area contributed by atoms with Gasteiger partial charge in [-0.3, -0.25) is 5.32 Å². The van der Waals surface area contributed by atoms with Gasteiger partial charge in [0.05, 0.1) is 13.2 Å². The highest BCUT2D eigenvalue weighted by Crippen LogP contribution is 2.00. The molecule has 0 aliphatic heterocycles. The van der Waals surface area contributed by atoms with Crippen LogP contribution in [0.5, 0.6) is 0 Å². The molecule has 0 aliphatic rings. The molecule has 1 aromatic rings. The lowest BCUT2D eigenvalue weighted by atomic mass is 10.1. The number of hydrogen-bond acceptors (Lipinski definition) is 2. The lowest BCUT2D eigenvalue weighted by molar-refractivity contribution is 0.131. The van der Waals surface area contributed by atoms with Crippen LogP contribution in [0.3, 0.4) is 0 Å². The second-order valence-electron chi connectivity index (χ2n) is 4.34. The minimum Gasteiger partial charge on any atom is -0.383 e. The summed E-state index contributed by atoms with van der Waals surface area (Å²) >= 11 is 0. The van der Waals surface area contributed by atoms with Gasteiger partial charge in [0.25, 0.3) is 0 Å². The SMILES string of the molecule is COCC(C)(C)NCC#Cc1ccccc1. The first kappa shape index (κ1) is 12.8. The molecule has 0 bridgehead atoms. The van der Waals surface area contributed by atoms with Crippen LogP contribution in [-0.4, -0.2) is 25.8 Å². The molecule has 2 nitrogen and oxygen atoms in total. The van der Waals surface area contributed by atoms with Crippen molar-refractivity contribution in [3.05, 3.63) is 35.9 Å². The third-order valence-corrected chi connectivity index (χ3v) is 2.17. The number of benzene rings is 1. The third kappa shape index (κ3) is 4.97. The van der Waals surface area contributed by atoms with E-state index in [1.54, 1.807) is 7.11 Å². The van der Waals surface area contributed by atoms with Gasteiger partial charge in [0.1, 0.15) is 0 Å². The van der Waals surface area contributed by atoms with Crippen LogP contribution in [-0.2, 0) is 4.74 Å². The molecule has 1 aromatic carbocycles. The van der Waals surface area contributed by atoms with E-state index in [0.29, 0.717) is 13.2 Å². The number of ether oxygens (including phenoxy) is 1. The number of rotatable bonds is 4. The maximum Gasteiger partial charge on any atom is 0.0639 e. The average Bonchev–Trinajstić information content (AvgIpc) is 2.26. The number of methoxy groups -OCH3 is 1. The van der Waals surface area contributed by atoms with Crippen molar-refractivity contribution in [2.75, 3.05) is 20.3 Å². The lowest BCUT2D eigenvalue weighted by Gasteiger charge is -2.23. The van der Waals surface area contributed by atoms with Crippen molar-refractivity contribution in [1.29, 1.82) is 0 Å². The number of nitrogens with one attached hydrogen (secondary N) is 1. The van der Waals surface area contributed by atoms with Crippen LogP contribution < -0.4 is 5.32 Å². The minimum atomic E-state index is -0.0277. The van der Waals surface area contributed by atoms with Crippen molar-refractivity contribution in [2.45, 2.75) is 19.4 Å². The predicted molar refractivity (Wildman–Crippen MR) is 67.3 cm³/mol. The van der Waals surface area contributed by atoms with Crippen molar-refractivity contribution < 1.29 is 4.74 Å². The highest BCUT2D eigenvalue weighted by molar-refractivity contribution is 5.33. The summed E-state index contributed by atoms with van der Waals surface area (Å²) in [7, 11) is 1.71. The van der Waals surface area contributed by atoms with E-state index in [1.165, 1.54) is 0 Å². The Morgan fingerprint density at radius 1 is 1.25 bits per heavy atom. The summed E-state index contributed by atoms with van der Waals surface area (Å²) in [5.74, 6) is 6.21. The summed E-state index contributed by atoms with van der Waals surface area (Å²) in [6, 6.07) is 9.99. The largest absolute Gasteiger partial charge is 0.383 e.